The fourth-order valence-corrected chi connectivity index (χ4v) is 5.06. The van der Waals surface area contributed by atoms with E-state index in [2.05, 4.69) is 4.74 Å². The number of aliphatic carboxylic acids is 1. The smallest absolute Gasteiger partial charge is 0.427 e. The number of nitrogens with zero attached hydrogens (tertiary/aromatic N) is 1. The maximum absolute atomic E-state index is 15.1. The summed E-state index contributed by atoms with van der Waals surface area (Å²) in [6.07, 6.45) is -8.33. The number of nitrogens with one attached hydrogen (secondary N) is 1. The van der Waals surface area contributed by atoms with E-state index < -0.39 is 91.6 Å². The summed E-state index contributed by atoms with van der Waals surface area (Å²) < 4.78 is 105. The van der Waals surface area contributed by atoms with Gasteiger partial charge in [0.15, 0.2) is 11.6 Å². The number of sulfonamides is 1. The van der Waals surface area contributed by atoms with Gasteiger partial charge in [-0.05, 0) is 44.5 Å². The summed E-state index contributed by atoms with van der Waals surface area (Å²) in [5.74, 6) is -3.98. The van der Waals surface area contributed by atoms with Gasteiger partial charge in [0, 0.05) is 18.2 Å². The number of alkyl halides is 3. The van der Waals surface area contributed by atoms with Crippen LogP contribution < -0.4 is 14.4 Å². The summed E-state index contributed by atoms with van der Waals surface area (Å²) in [7, 11) is -4.60. The summed E-state index contributed by atoms with van der Waals surface area (Å²) in [6.45, 7) is 0.659. The summed E-state index contributed by atoms with van der Waals surface area (Å²) in [4.78, 5) is 22.6. The van der Waals surface area contributed by atoms with E-state index in [9.17, 15) is 35.6 Å². The minimum Gasteiger partial charge on any atom is -0.483 e. The summed E-state index contributed by atoms with van der Waals surface area (Å²) in [6, 6.07) is 4.06. The van der Waals surface area contributed by atoms with Gasteiger partial charge in [0.1, 0.15) is 11.9 Å². The number of carbonyl (C=O) groups is 2. The highest BCUT2D eigenvalue weighted by molar-refractivity contribution is 7.92. The first-order chi connectivity index (χ1) is 17.4. The molecule has 0 spiro atoms. The highest BCUT2D eigenvalue weighted by Crippen LogP contribution is 2.42. The fraction of sp³-hybridized carbons (Fsp3) is 0.364. The van der Waals surface area contributed by atoms with Crippen LogP contribution in [0.2, 0.25) is 5.02 Å². The third kappa shape index (κ3) is 6.20. The zero-order valence-electron chi connectivity index (χ0n) is 19.6. The number of amides is 1. The number of fused-ring (bicyclic) bond motifs is 1. The SMILES string of the molecule is CC(C)(OC(=O)Nc1cc(F)c2c(c1)N(S(=O)(=O)c1ccc(F)c(Cl)c1)CC(CCC(=O)O)O2)C(F)(F)F. The van der Waals surface area contributed by atoms with E-state index in [1.165, 1.54) is 0 Å². The Morgan fingerprint density at radius 1 is 1.18 bits per heavy atom. The van der Waals surface area contributed by atoms with Gasteiger partial charge in [0.05, 0.1) is 22.2 Å². The van der Waals surface area contributed by atoms with Gasteiger partial charge >= 0.3 is 18.2 Å². The highest BCUT2D eigenvalue weighted by atomic mass is 35.5. The average molecular weight is 587 g/mol. The maximum atomic E-state index is 15.1. The molecule has 0 radical (unpaired) electrons. The van der Waals surface area contributed by atoms with E-state index in [0.29, 0.717) is 24.2 Å². The van der Waals surface area contributed by atoms with Crippen molar-refractivity contribution in [1.82, 2.24) is 0 Å². The molecule has 9 nitrogen and oxygen atoms in total. The van der Waals surface area contributed by atoms with Gasteiger partial charge in [-0.3, -0.25) is 14.4 Å². The Balaban J connectivity index is 2.04. The Kier molecular flexibility index (Phi) is 8.03. The zero-order chi connectivity index (χ0) is 28.6. The standard InChI is InChI=1S/C22H20ClF5N2O7S/c1-21(2,22(26,27)28)37-20(33)29-11-7-16(25)19-17(8-11)30(10-12(36-19)3-6-18(31)32)38(34,35)13-4-5-15(24)14(23)9-13/h4-5,7-9,12H,3,6,10H2,1-2H3,(H,29,33)(H,31,32). The Hall–Kier alpha value is -3.33. The molecule has 1 unspecified atom stereocenters. The molecule has 0 fully saturated rings. The second-order valence-electron chi connectivity index (χ2n) is 8.61. The van der Waals surface area contributed by atoms with Crippen molar-refractivity contribution in [1.29, 1.82) is 0 Å². The number of carboxylic acid groups (broad SMARTS) is 1. The van der Waals surface area contributed by atoms with E-state index in [1.54, 1.807) is 0 Å². The number of halogens is 6. The lowest BCUT2D eigenvalue weighted by molar-refractivity contribution is -0.242. The largest absolute Gasteiger partial charge is 0.483 e. The number of rotatable bonds is 7. The Bertz CT molecular complexity index is 1370. The van der Waals surface area contributed by atoms with Crippen LogP contribution >= 0.6 is 11.6 Å². The number of hydrogen-bond donors (Lipinski definition) is 2. The number of carbonyl (C=O) groups excluding carboxylic acids is 1. The lowest BCUT2D eigenvalue weighted by Gasteiger charge is -2.36. The predicted molar refractivity (Wildman–Crippen MR) is 124 cm³/mol. The van der Waals surface area contributed by atoms with Gasteiger partial charge < -0.3 is 14.6 Å². The fourth-order valence-electron chi connectivity index (χ4n) is 3.30. The molecule has 0 saturated heterocycles. The van der Waals surface area contributed by atoms with Crippen LogP contribution in [0, 0.1) is 11.6 Å². The van der Waals surface area contributed by atoms with Gasteiger partial charge in [-0.2, -0.15) is 13.2 Å². The van der Waals surface area contributed by atoms with Crippen molar-refractivity contribution in [3.8, 4) is 5.75 Å². The van der Waals surface area contributed by atoms with Crippen LogP contribution in [-0.4, -0.2) is 50.0 Å². The van der Waals surface area contributed by atoms with E-state index >= 15 is 4.39 Å². The molecule has 0 saturated carbocycles. The van der Waals surface area contributed by atoms with Crippen LogP contribution in [0.4, 0.5) is 38.1 Å². The normalized spacial score (nSPS) is 15.9. The molecule has 38 heavy (non-hydrogen) atoms. The van der Waals surface area contributed by atoms with Crippen molar-refractivity contribution in [2.24, 2.45) is 0 Å². The maximum Gasteiger partial charge on any atom is 0.427 e. The molecule has 1 atom stereocenters. The van der Waals surface area contributed by atoms with Crippen LogP contribution in [0.3, 0.4) is 0 Å². The Morgan fingerprint density at radius 2 is 1.84 bits per heavy atom. The Labute approximate surface area is 218 Å². The van der Waals surface area contributed by atoms with Crippen LogP contribution in [0.1, 0.15) is 26.7 Å². The number of ether oxygens (including phenoxy) is 2. The lowest BCUT2D eigenvalue weighted by Crippen LogP contribution is -2.44. The molecular weight excluding hydrogens is 567 g/mol. The molecule has 1 aliphatic rings. The van der Waals surface area contributed by atoms with Gasteiger partial charge in [-0.1, -0.05) is 11.6 Å². The molecule has 3 rings (SSSR count). The summed E-state index contributed by atoms with van der Waals surface area (Å²) >= 11 is 5.72. The molecule has 2 N–H and O–H groups in total. The molecular formula is C22H20ClF5N2O7S. The Morgan fingerprint density at radius 3 is 2.42 bits per heavy atom. The predicted octanol–water partition coefficient (Wildman–Crippen LogP) is 5.33. The van der Waals surface area contributed by atoms with Crippen molar-refractivity contribution in [2.75, 3.05) is 16.2 Å². The molecule has 1 heterocycles. The monoisotopic (exact) mass is 586 g/mol. The second-order valence-corrected chi connectivity index (χ2v) is 10.9. The molecule has 1 aliphatic heterocycles. The van der Waals surface area contributed by atoms with Crippen LogP contribution in [-0.2, 0) is 19.6 Å². The van der Waals surface area contributed by atoms with Crippen LogP contribution in [0.15, 0.2) is 35.2 Å². The minimum atomic E-state index is -4.93. The highest BCUT2D eigenvalue weighted by Gasteiger charge is 2.51. The van der Waals surface area contributed by atoms with Crippen molar-refractivity contribution < 1.29 is 54.5 Å². The molecule has 208 valence electrons. The third-order valence-electron chi connectivity index (χ3n) is 5.38. The van der Waals surface area contributed by atoms with E-state index in [4.69, 9.17) is 21.4 Å². The molecule has 0 aliphatic carbocycles. The van der Waals surface area contributed by atoms with Crippen LogP contribution in [0.5, 0.6) is 5.75 Å². The molecule has 0 bridgehead atoms. The molecule has 2 aromatic carbocycles. The third-order valence-corrected chi connectivity index (χ3v) is 7.45. The van der Waals surface area contributed by atoms with Gasteiger partial charge in [-0.25, -0.2) is 22.0 Å². The van der Waals surface area contributed by atoms with Crippen molar-refractivity contribution >= 4 is 45.1 Å². The summed E-state index contributed by atoms with van der Waals surface area (Å²) in [5.41, 5.74) is -3.85. The van der Waals surface area contributed by atoms with Gasteiger partial charge in [0.2, 0.25) is 5.60 Å². The molecule has 16 heteroatoms. The van der Waals surface area contributed by atoms with E-state index in [-0.39, 0.29) is 6.42 Å². The quantitative estimate of drug-likeness (QED) is 0.421. The van der Waals surface area contributed by atoms with Crippen molar-refractivity contribution in [3.05, 3.63) is 47.0 Å². The molecule has 1 amide bonds. The van der Waals surface area contributed by atoms with E-state index in [1.807, 2.05) is 5.32 Å². The first-order valence-electron chi connectivity index (χ1n) is 10.7. The van der Waals surface area contributed by atoms with Crippen molar-refractivity contribution in [2.45, 2.75) is 49.5 Å². The average Bonchev–Trinajstić information content (AvgIpc) is 2.78. The zero-order valence-corrected chi connectivity index (χ0v) is 21.2. The number of anilines is 2. The topological polar surface area (TPSA) is 122 Å². The van der Waals surface area contributed by atoms with Crippen molar-refractivity contribution in [3.63, 3.8) is 0 Å². The van der Waals surface area contributed by atoms with Gasteiger partial charge in [0.25, 0.3) is 10.0 Å². The number of benzene rings is 2. The first-order valence-corrected chi connectivity index (χ1v) is 12.5. The number of hydrogen-bond acceptors (Lipinski definition) is 6. The van der Waals surface area contributed by atoms with E-state index in [0.717, 1.165) is 24.3 Å². The molecule has 2 aromatic rings. The van der Waals surface area contributed by atoms with Crippen LogP contribution in [0.25, 0.3) is 0 Å². The summed E-state index contributed by atoms with van der Waals surface area (Å²) in [5, 5.41) is 10.4. The second kappa shape index (κ2) is 10.4. The lowest BCUT2D eigenvalue weighted by atomic mass is 10.1. The first kappa shape index (κ1) is 29.2. The number of carboxylic acids is 1. The van der Waals surface area contributed by atoms with Gasteiger partial charge in [-0.15, -0.1) is 0 Å². The molecule has 0 aromatic heterocycles. The minimum absolute atomic E-state index is 0.219.